The van der Waals surface area contributed by atoms with Gasteiger partial charge in [-0.1, -0.05) is 147 Å². The third-order valence-electron chi connectivity index (χ3n) is 9.53. The third kappa shape index (κ3) is 11.2. The molecule has 3 nitrogen and oxygen atoms in total. The van der Waals surface area contributed by atoms with Gasteiger partial charge in [0.25, 0.3) is 0 Å². The largest absolute Gasteiger partial charge is 0.512 e. The van der Waals surface area contributed by atoms with Crippen LogP contribution in [-0.2, 0) is 25.9 Å². The zero-order valence-electron chi connectivity index (χ0n) is 31.6. The first-order valence-corrected chi connectivity index (χ1v) is 18.0. The van der Waals surface area contributed by atoms with E-state index in [2.05, 4.69) is 144 Å². The van der Waals surface area contributed by atoms with Crippen molar-refractivity contribution in [3.63, 3.8) is 0 Å². The van der Waals surface area contributed by atoms with Gasteiger partial charge in [-0.25, -0.2) is 0 Å². The minimum Gasteiger partial charge on any atom is -0.512 e. The first-order chi connectivity index (χ1) is 23.9. The number of hydrogen-bond donors (Lipinski definition) is 1. The van der Waals surface area contributed by atoms with Crippen LogP contribution in [0.25, 0.3) is 44.6 Å². The van der Waals surface area contributed by atoms with Gasteiger partial charge in [0.05, 0.1) is 5.76 Å². The second-order valence-electron chi connectivity index (χ2n) is 14.6. The topological polar surface area (TPSA) is 50.2 Å². The average Bonchev–Trinajstić information content (AvgIpc) is 3.11. The van der Waals surface area contributed by atoms with E-state index in [0.29, 0.717) is 23.7 Å². The average molecular weight is 860 g/mol. The van der Waals surface area contributed by atoms with Crippen LogP contribution in [0.4, 0.5) is 0 Å². The minimum absolute atomic E-state index is 0. The maximum absolute atomic E-state index is 12.1. The molecule has 0 aliphatic carbocycles. The summed E-state index contributed by atoms with van der Waals surface area (Å²) in [6.45, 7) is 18.7. The smallest absolute Gasteiger partial charge is 0.162 e. The fourth-order valence-corrected chi connectivity index (χ4v) is 6.42. The third-order valence-corrected chi connectivity index (χ3v) is 9.53. The van der Waals surface area contributed by atoms with E-state index in [0.717, 1.165) is 11.3 Å². The Kier molecular flexibility index (Phi) is 15.8. The van der Waals surface area contributed by atoms with Crippen molar-refractivity contribution in [2.75, 3.05) is 0 Å². The maximum atomic E-state index is 12.1. The molecular formula is C47H54NO2Pt-. The summed E-state index contributed by atoms with van der Waals surface area (Å²) >= 11 is 0. The van der Waals surface area contributed by atoms with Gasteiger partial charge in [-0.05, 0) is 75.5 Å². The van der Waals surface area contributed by atoms with E-state index in [9.17, 15) is 9.90 Å². The molecule has 5 rings (SSSR count). The molecule has 0 fully saturated rings. The van der Waals surface area contributed by atoms with E-state index in [1.165, 1.54) is 45.0 Å². The van der Waals surface area contributed by atoms with Crippen LogP contribution in [0, 0.1) is 35.7 Å². The van der Waals surface area contributed by atoms with Gasteiger partial charge in [0.15, 0.2) is 5.78 Å². The van der Waals surface area contributed by atoms with E-state index in [-0.39, 0.29) is 44.4 Å². The quantitative estimate of drug-likeness (QED) is 0.0818. The molecule has 1 heterocycles. The molecule has 1 aromatic heterocycles. The monoisotopic (exact) mass is 859 g/mol. The molecule has 0 radical (unpaired) electrons. The van der Waals surface area contributed by atoms with Gasteiger partial charge >= 0.3 is 0 Å². The zero-order chi connectivity index (χ0) is 36.4. The van der Waals surface area contributed by atoms with Crippen LogP contribution in [0.2, 0.25) is 0 Å². The Morgan fingerprint density at radius 3 is 1.61 bits per heavy atom. The fraction of sp³-hybridized carbons (Fsp3) is 0.319. The molecule has 0 bridgehead atoms. The van der Waals surface area contributed by atoms with Crippen molar-refractivity contribution in [1.82, 2.24) is 4.98 Å². The Morgan fingerprint density at radius 1 is 0.647 bits per heavy atom. The molecule has 0 amide bonds. The predicted octanol–water partition coefficient (Wildman–Crippen LogP) is 12.9. The van der Waals surface area contributed by atoms with Crippen LogP contribution >= 0.6 is 0 Å². The number of hydrogen-bond acceptors (Lipinski definition) is 3. The molecule has 0 saturated carbocycles. The summed E-state index contributed by atoms with van der Waals surface area (Å²) in [5, 5.41) is 9.91. The Balaban J connectivity index is 0.000000335. The van der Waals surface area contributed by atoms with Gasteiger partial charge in [-0.3, -0.25) is 4.79 Å². The number of nitrogens with zero attached hydrogens (tertiary/aromatic N) is 1. The van der Waals surface area contributed by atoms with Crippen molar-refractivity contribution >= 4 is 5.78 Å². The van der Waals surface area contributed by atoms with Crippen molar-refractivity contribution in [3.8, 4) is 44.6 Å². The van der Waals surface area contributed by atoms with Crippen LogP contribution in [0.15, 0.2) is 127 Å². The number of aliphatic hydroxyl groups is 1. The fourth-order valence-electron chi connectivity index (χ4n) is 6.42. The van der Waals surface area contributed by atoms with Crippen LogP contribution in [0.3, 0.4) is 0 Å². The number of ketones is 1. The van der Waals surface area contributed by atoms with Gasteiger partial charge < -0.3 is 10.1 Å². The summed E-state index contributed by atoms with van der Waals surface area (Å²) in [5.41, 5.74) is 10.6. The summed E-state index contributed by atoms with van der Waals surface area (Å²) in [6, 6.07) is 42.0. The first-order valence-electron chi connectivity index (χ1n) is 18.0. The van der Waals surface area contributed by atoms with E-state index in [4.69, 9.17) is 0 Å². The molecule has 51 heavy (non-hydrogen) atoms. The summed E-state index contributed by atoms with van der Waals surface area (Å²) in [6.07, 6.45) is 3.28. The van der Waals surface area contributed by atoms with Crippen molar-refractivity contribution in [1.29, 1.82) is 0 Å². The molecule has 0 spiro atoms. The molecule has 1 atom stereocenters. The molecular weight excluding hydrogens is 806 g/mol. The molecule has 0 saturated heterocycles. The SMILES string of the molecule is CC(C)C(C)/C(O)=C/C(=O)C(C(C)C)C(C)C.CC(C)c1c[c-]c(-c2ccccn2)cc1-c1cc(-c2ccccc2)cc(-c2ccccc2)c1.[Pt]. The molecule has 1 N–H and O–H groups in total. The van der Waals surface area contributed by atoms with Gasteiger partial charge in [0, 0.05) is 45.2 Å². The number of aromatic nitrogens is 1. The molecule has 0 aliphatic heterocycles. The summed E-state index contributed by atoms with van der Waals surface area (Å²) in [7, 11) is 0. The Bertz CT molecular complexity index is 1780. The standard InChI is InChI=1S/C32H26N.C15H28O2.Pt/c1-23(2)30-17-16-26(32-15-9-10-18-33-32)22-31(30)29-20-27(24-11-5-3-6-12-24)19-28(21-29)25-13-7-4-8-14-25;1-9(2)12(7)13(16)8-14(17)15(10(3)4)11(5)6;/h3-15,17-23H,1-2H3;8-12,15-16H,1-7H3;/q-1;;/b;13-8-;. The summed E-state index contributed by atoms with van der Waals surface area (Å²) in [5.74, 6) is 1.65. The van der Waals surface area contributed by atoms with Crippen LogP contribution in [0.1, 0.15) is 73.8 Å². The van der Waals surface area contributed by atoms with E-state index in [1.54, 1.807) is 0 Å². The summed E-state index contributed by atoms with van der Waals surface area (Å²) < 4.78 is 0. The van der Waals surface area contributed by atoms with Gasteiger partial charge in [0.1, 0.15) is 0 Å². The van der Waals surface area contributed by atoms with Crippen molar-refractivity contribution in [2.45, 2.75) is 68.2 Å². The minimum atomic E-state index is -0.00323. The van der Waals surface area contributed by atoms with Crippen molar-refractivity contribution < 1.29 is 31.0 Å². The number of carbonyl (C=O) groups excluding carboxylic acids is 1. The first kappa shape index (κ1) is 41.3. The van der Waals surface area contributed by atoms with Crippen LogP contribution in [0.5, 0.6) is 0 Å². The molecule has 0 aliphatic rings. The molecule has 270 valence electrons. The van der Waals surface area contributed by atoms with Crippen LogP contribution < -0.4 is 0 Å². The Labute approximate surface area is 321 Å². The Morgan fingerprint density at radius 2 is 1.16 bits per heavy atom. The van der Waals surface area contributed by atoms with Gasteiger partial charge in [-0.15, -0.1) is 29.3 Å². The van der Waals surface area contributed by atoms with E-state index >= 15 is 0 Å². The summed E-state index contributed by atoms with van der Waals surface area (Å²) in [4.78, 5) is 16.7. The van der Waals surface area contributed by atoms with Gasteiger partial charge in [-0.2, -0.15) is 0 Å². The second-order valence-corrected chi connectivity index (χ2v) is 14.6. The van der Waals surface area contributed by atoms with E-state index < -0.39 is 0 Å². The number of benzene rings is 4. The molecule has 1 unspecified atom stereocenters. The molecule has 4 aromatic carbocycles. The van der Waals surface area contributed by atoms with Crippen molar-refractivity contribution in [2.24, 2.45) is 29.6 Å². The molecule has 4 heteroatoms. The number of carbonyl (C=O) groups is 1. The Hall–Kier alpha value is -4.07. The molecule has 5 aromatic rings. The van der Waals surface area contributed by atoms with Crippen molar-refractivity contribution in [3.05, 3.63) is 139 Å². The number of pyridine rings is 1. The van der Waals surface area contributed by atoms with E-state index in [1.807, 2.05) is 45.2 Å². The second kappa shape index (κ2) is 19.5. The van der Waals surface area contributed by atoms with Crippen LogP contribution in [-0.4, -0.2) is 15.9 Å². The normalized spacial score (nSPS) is 12.2. The number of aliphatic hydroxyl groups excluding tert-OH is 1. The number of allylic oxidation sites excluding steroid dienone is 2. The van der Waals surface area contributed by atoms with Gasteiger partial charge in [0.2, 0.25) is 0 Å². The zero-order valence-corrected chi connectivity index (χ0v) is 33.9. The maximum Gasteiger partial charge on any atom is 0.162 e. The predicted molar refractivity (Wildman–Crippen MR) is 212 cm³/mol. The number of rotatable bonds is 11.